The van der Waals surface area contributed by atoms with Crippen LogP contribution in [0, 0.1) is 0 Å². The molecule has 2 N–H and O–H groups in total. The highest BCUT2D eigenvalue weighted by molar-refractivity contribution is 4.98. The minimum Gasteiger partial charge on any atom is -0.378 e. The third kappa shape index (κ3) is 3.53. The first-order chi connectivity index (χ1) is 9.61. The molecule has 2 aliphatic heterocycles. The third-order valence-corrected chi connectivity index (χ3v) is 5.35. The van der Waals surface area contributed by atoms with Gasteiger partial charge in [0, 0.05) is 50.9 Å². The standard InChI is InChI=1S/C16H33N3O/c1-4-20-15-5-9-19(10-6-15)16(13-17)7-11-18(12-8-16)14(2)3/h14-15H,4-13,17H2,1-3H3. The Morgan fingerprint density at radius 2 is 1.75 bits per heavy atom. The Kier molecular flexibility index (Phi) is 5.84. The molecule has 2 saturated heterocycles. The Hall–Kier alpha value is -0.160. The number of likely N-dealkylation sites (tertiary alicyclic amines) is 2. The number of rotatable bonds is 5. The molecule has 0 radical (unpaired) electrons. The summed E-state index contributed by atoms with van der Waals surface area (Å²) in [5, 5.41) is 0. The molecule has 0 amide bonds. The summed E-state index contributed by atoms with van der Waals surface area (Å²) in [5.41, 5.74) is 6.45. The van der Waals surface area contributed by atoms with Gasteiger partial charge in [0.2, 0.25) is 0 Å². The summed E-state index contributed by atoms with van der Waals surface area (Å²) in [7, 11) is 0. The van der Waals surface area contributed by atoms with E-state index in [4.69, 9.17) is 10.5 Å². The third-order valence-electron chi connectivity index (χ3n) is 5.35. The van der Waals surface area contributed by atoms with Crippen LogP contribution in [0.15, 0.2) is 0 Å². The van der Waals surface area contributed by atoms with Crippen molar-refractivity contribution >= 4 is 0 Å². The van der Waals surface area contributed by atoms with Gasteiger partial charge in [0.25, 0.3) is 0 Å². The second-order valence-electron chi connectivity index (χ2n) is 6.70. The van der Waals surface area contributed by atoms with Crippen molar-refractivity contribution in [3.63, 3.8) is 0 Å². The molecule has 2 rings (SSSR count). The molecule has 0 aromatic rings. The van der Waals surface area contributed by atoms with Crippen LogP contribution >= 0.6 is 0 Å². The molecule has 0 saturated carbocycles. The minimum atomic E-state index is 0.253. The Morgan fingerprint density at radius 3 is 2.20 bits per heavy atom. The van der Waals surface area contributed by atoms with E-state index in [1.54, 1.807) is 0 Å². The largest absolute Gasteiger partial charge is 0.378 e. The Bertz CT molecular complexity index is 279. The molecule has 20 heavy (non-hydrogen) atoms. The summed E-state index contributed by atoms with van der Waals surface area (Å²) in [6, 6.07) is 0.662. The van der Waals surface area contributed by atoms with Crippen molar-refractivity contribution in [1.29, 1.82) is 0 Å². The molecular weight excluding hydrogens is 250 g/mol. The number of hydrogen-bond donors (Lipinski definition) is 1. The lowest BCUT2D eigenvalue weighted by Gasteiger charge is -2.51. The topological polar surface area (TPSA) is 41.7 Å². The summed E-state index contributed by atoms with van der Waals surface area (Å²) in [6.07, 6.45) is 5.26. The summed E-state index contributed by atoms with van der Waals surface area (Å²) in [5.74, 6) is 0. The molecule has 4 nitrogen and oxygen atoms in total. The van der Waals surface area contributed by atoms with Crippen LogP contribution in [0.3, 0.4) is 0 Å². The van der Waals surface area contributed by atoms with Crippen molar-refractivity contribution < 1.29 is 4.74 Å². The fourth-order valence-corrected chi connectivity index (χ4v) is 3.84. The van der Waals surface area contributed by atoms with E-state index in [-0.39, 0.29) is 5.54 Å². The monoisotopic (exact) mass is 283 g/mol. The predicted octanol–water partition coefficient (Wildman–Crippen LogP) is 1.69. The number of ether oxygens (including phenoxy) is 1. The maximum Gasteiger partial charge on any atom is 0.0599 e. The van der Waals surface area contributed by atoms with E-state index < -0.39 is 0 Å². The molecule has 0 aliphatic carbocycles. The van der Waals surface area contributed by atoms with Gasteiger partial charge >= 0.3 is 0 Å². The quantitative estimate of drug-likeness (QED) is 0.834. The van der Waals surface area contributed by atoms with Gasteiger partial charge in [-0.15, -0.1) is 0 Å². The lowest BCUT2D eigenvalue weighted by atomic mass is 9.83. The van der Waals surface area contributed by atoms with Crippen LogP contribution in [-0.4, -0.2) is 66.8 Å². The molecule has 4 heteroatoms. The average molecular weight is 283 g/mol. The van der Waals surface area contributed by atoms with Crippen LogP contribution in [0.2, 0.25) is 0 Å². The van der Waals surface area contributed by atoms with Crippen molar-refractivity contribution in [2.24, 2.45) is 5.73 Å². The molecular formula is C16H33N3O. The van der Waals surface area contributed by atoms with E-state index in [0.29, 0.717) is 12.1 Å². The number of hydrogen-bond acceptors (Lipinski definition) is 4. The number of piperidine rings is 2. The zero-order valence-corrected chi connectivity index (χ0v) is 13.6. The number of nitrogens with two attached hydrogens (primary N) is 1. The van der Waals surface area contributed by atoms with E-state index >= 15 is 0 Å². The van der Waals surface area contributed by atoms with Crippen molar-refractivity contribution in [2.75, 3.05) is 39.3 Å². The fraction of sp³-hybridized carbons (Fsp3) is 1.00. The van der Waals surface area contributed by atoms with Gasteiger partial charge in [0.05, 0.1) is 6.10 Å². The summed E-state index contributed by atoms with van der Waals surface area (Å²) >= 11 is 0. The van der Waals surface area contributed by atoms with Crippen LogP contribution in [0.4, 0.5) is 0 Å². The normalized spacial score (nSPS) is 26.2. The first kappa shape index (κ1) is 16.2. The molecule has 0 atom stereocenters. The second-order valence-corrected chi connectivity index (χ2v) is 6.70. The molecule has 2 fully saturated rings. The predicted molar refractivity (Wildman–Crippen MR) is 83.9 cm³/mol. The minimum absolute atomic E-state index is 0.253. The van der Waals surface area contributed by atoms with E-state index in [0.717, 1.165) is 26.2 Å². The van der Waals surface area contributed by atoms with Crippen LogP contribution < -0.4 is 5.73 Å². The molecule has 0 unspecified atom stereocenters. The summed E-state index contributed by atoms with van der Waals surface area (Å²) in [6.45, 7) is 13.0. The maximum absolute atomic E-state index is 6.19. The van der Waals surface area contributed by atoms with Crippen LogP contribution in [0.25, 0.3) is 0 Å². The zero-order valence-electron chi connectivity index (χ0n) is 13.6. The van der Waals surface area contributed by atoms with E-state index in [1.165, 1.54) is 38.8 Å². The highest BCUT2D eigenvalue weighted by Crippen LogP contribution is 2.31. The van der Waals surface area contributed by atoms with Crippen molar-refractivity contribution in [1.82, 2.24) is 9.80 Å². The maximum atomic E-state index is 6.19. The average Bonchev–Trinajstić information content (AvgIpc) is 2.48. The van der Waals surface area contributed by atoms with Gasteiger partial charge in [-0.3, -0.25) is 4.90 Å². The second kappa shape index (κ2) is 7.21. The molecule has 0 aromatic carbocycles. The van der Waals surface area contributed by atoms with Crippen LogP contribution in [0.5, 0.6) is 0 Å². The van der Waals surface area contributed by atoms with E-state index in [1.807, 2.05) is 0 Å². The summed E-state index contributed by atoms with van der Waals surface area (Å²) in [4.78, 5) is 5.25. The molecule has 118 valence electrons. The lowest BCUT2D eigenvalue weighted by molar-refractivity contribution is -0.0399. The SMILES string of the molecule is CCOC1CCN(C2(CN)CCN(C(C)C)CC2)CC1. The Labute approximate surface area is 124 Å². The molecule has 2 aliphatic rings. The first-order valence-corrected chi connectivity index (χ1v) is 8.42. The van der Waals surface area contributed by atoms with Gasteiger partial charge in [-0.25, -0.2) is 0 Å². The van der Waals surface area contributed by atoms with Gasteiger partial charge < -0.3 is 15.4 Å². The lowest BCUT2D eigenvalue weighted by Crippen LogP contribution is -2.62. The zero-order chi connectivity index (χ0) is 14.6. The van der Waals surface area contributed by atoms with Gasteiger partial charge in [-0.1, -0.05) is 0 Å². The first-order valence-electron chi connectivity index (χ1n) is 8.42. The molecule has 0 spiro atoms. The smallest absolute Gasteiger partial charge is 0.0599 e. The summed E-state index contributed by atoms with van der Waals surface area (Å²) < 4.78 is 5.77. The highest BCUT2D eigenvalue weighted by Gasteiger charge is 2.40. The van der Waals surface area contributed by atoms with Crippen molar-refractivity contribution in [3.8, 4) is 0 Å². The molecule has 0 bridgehead atoms. The van der Waals surface area contributed by atoms with Gasteiger partial charge in [-0.2, -0.15) is 0 Å². The fourth-order valence-electron chi connectivity index (χ4n) is 3.84. The molecule has 2 heterocycles. The van der Waals surface area contributed by atoms with Gasteiger partial charge in [-0.05, 0) is 46.5 Å². The Balaban J connectivity index is 1.89. The Morgan fingerprint density at radius 1 is 1.15 bits per heavy atom. The van der Waals surface area contributed by atoms with Crippen molar-refractivity contribution in [2.45, 2.75) is 64.1 Å². The van der Waals surface area contributed by atoms with Gasteiger partial charge in [0.1, 0.15) is 0 Å². The van der Waals surface area contributed by atoms with Crippen molar-refractivity contribution in [3.05, 3.63) is 0 Å². The van der Waals surface area contributed by atoms with Gasteiger partial charge in [0.15, 0.2) is 0 Å². The highest BCUT2D eigenvalue weighted by atomic mass is 16.5. The van der Waals surface area contributed by atoms with Crippen LogP contribution in [0.1, 0.15) is 46.5 Å². The molecule has 0 aromatic heterocycles. The van der Waals surface area contributed by atoms with E-state index in [9.17, 15) is 0 Å². The van der Waals surface area contributed by atoms with Crippen LogP contribution in [-0.2, 0) is 4.74 Å². The number of nitrogens with zero attached hydrogens (tertiary/aromatic N) is 2. The van der Waals surface area contributed by atoms with E-state index in [2.05, 4.69) is 30.6 Å².